The summed E-state index contributed by atoms with van der Waals surface area (Å²) in [7, 11) is 4.90. The van der Waals surface area contributed by atoms with Gasteiger partial charge in [0.15, 0.2) is 5.78 Å². The van der Waals surface area contributed by atoms with Crippen LogP contribution in [-0.4, -0.2) is 78.5 Å². The van der Waals surface area contributed by atoms with Crippen LogP contribution in [0.3, 0.4) is 0 Å². The molecule has 288 valence electrons. The smallest absolute Gasteiger partial charge is 0.308 e. The van der Waals surface area contributed by atoms with Crippen LogP contribution in [0.25, 0.3) is 0 Å². The number of likely N-dealkylation sites (tertiary alicyclic amines) is 1. The van der Waals surface area contributed by atoms with Crippen LogP contribution in [0.2, 0.25) is 0 Å². The van der Waals surface area contributed by atoms with Crippen LogP contribution in [0.1, 0.15) is 104 Å². The molecule has 11 nitrogen and oxygen atoms in total. The number of hydrogen-bond acceptors (Lipinski definition) is 10. The van der Waals surface area contributed by atoms with Crippen LogP contribution >= 0.6 is 11.3 Å². The summed E-state index contributed by atoms with van der Waals surface area (Å²) in [4.78, 5) is 59.9. The zero-order valence-corrected chi connectivity index (χ0v) is 32.7. The van der Waals surface area contributed by atoms with Gasteiger partial charge in [-0.15, -0.1) is 11.3 Å². The van der Waals surface area contributed by atoms with Gasteiger partial charge in [-0.3, -0.25) is 24.1 Å². The van der Waals surface area contributed by atoms with E-state index in [0.29, 0.717) is 23.6 Å². The van der Waals surface area contributed by atoms with Gasteiger partial charge < -0.3 is 25.2 Å². The van der Waals surface area contributed by atoms with Crippen molar-refractivity contribution in [2.75, 3.05) is 27.8 Å². The number of esters is 1. The van der Waals surface area contributed by atoms with Gasteiger partial charge in [0, 0.05) is 30.2 Å². The Bertz CT molecular complexity index is 1630. The molecule has 1 fully saturated rings. The molecule has 2 aromatic carbocycles. The van der Waals surface area contributed by atoms with E-state index in [9.17, 15) is 24.3 Å². The number of rotatable bonds is 19. The number of nitrogens with zero attached hydrogens (tertiary/aromatic N) is 2. The lowest BCUT2D eigenvalue weighted by Crippen LogP contribution is -2.45. The van der Waals surface area contributed by atoms with E-state index in [0.717, 1.165) is 54.7 Å². The molecule has 53 heavy (non-hydrogen) atoms. The zero-order valence-electron chi connectivity index (χ0n) is 31.9. The third-order valence-electron chi connectivity index (χ3n) is 10.5. The van der Waals surface area contributed by atoms with Crippen molar-refractivity contribution in [2.45, 2.75) is 96.4 Å². The zero-order chi connectivity index (χ0) is 38.5. The molecule has 0 saturated carbocycles. The molecular weight excluding hydrogens is 693 g/mol. The quantitative estimate of drug-likeness (QED) is 0.124. The Morgan fingerprint density at radius 1 is 1.00 bits per heavy atom. The molecule has 2 amide bonds. The molecule has 1 aliphatic rings. The number of aliphatic hydroxyl groups is 1. The normalized spacial score (nSPS) is 18.1. The summed E-state index contributed by atoms with van der Waals surface area (Å²) in [6.07, 6.45) is 3.63. The van der Waals surface area contributed by atoms with Crippen LogP contribution in [-0.2, 0) is 25.5 Å². The van der Waals surface area contributed by atoms with Gasteiger partial charge in [0.2, 0.25) is 5.91 Å². The van der Waals surface area contributed by atoms with E-state index in [1.807, 2.05) is 63.4 Å². The summed E-state index contributed by atoms with van der Waals surface area (Å²) in [6.45, 7) is 6.66. The first-order valence-corrected chi connectivity index (χ1v) is 19.5. The third kappa shape index (κ3) is 11.9. The molecule has 0 spiro atoms. The number of ketones is 1. The van der Waals surface area contributed by atoms with Crippen molar-refractivity contribution in [3.8, 4) is 5.75 Å². The van der Waals surface area contributed by atoms with Crippen LogP contribution < -0.4 is 15.4 Å². The molecule has 0 radical (unpaired) electrons. The Morgan fingerprint density at radius 2 is 1.72 bits per heavy atom. The van der Waals surface area contributed by atoms with Gasteiger partial charge in [-0.1, -0.05) is 76.1 Å². The van der Waals surface area contributed by atoms with Crippen LogP contribution in [0.5, 0.6) is 5.75 Å². The highest BCUT2D eigenvalue weighted by Crippen LogP contribution is 2.32. The fourth-order valence-corrected chi connectivity index (χ4v) is 7.81. The van der Waals surface area contributed by atoms with Crippen molar-refractivity contribution in [1.29, 1.82) is 0 Å². The van der Waals surface area contributed by atoms with Crippen LogP contribution in [0.4, 0.5) is 0 Å². The summed E-state index contributed by atoms with van der Waals surface area (Å²) in [6, 6.07) is 15.8. The van der Waals surface area contributed by atoms with E-state index in [1.165, 1.54) is 7.11 Å². The maximum atomic E-state index is 14.1. The molecular formula is C41H56N4O7S. The number of methoxy groups -OCH3 is 2. The summed E-state index contributed by atoms with van der Waals surface area (Å²) in [5, 5.41) is 19.7. The van der Waals surface area contributed by atoms with E-state index in [4.69, 9.17) is 9.47 Å². The lowest BCUT2D eigenvalue weighted by atomic mass is 9.83. The molecule has 3 aromatic rings. The second-order valence-electron chi connectivity index (χ2n) is 14.3. The Kier molecular flexibility index (Phi) is 16.0. The Labute approximate surface area is 317 Å². The first-order valence-electron chi connectivity index (χ1n) is 18.7. The number of ether oxygens (including phenoxy) is 2. The molecule has 12 heteroatoms. The SMILES string of the molecule is CC[C@H](C)[C@H](CC(=O)C1CCCCN1C)C(=O)N[C@H](C[C@@H](O)c1nc(C(=O)N[C@@H](Cc2ccccc2)C[C@H](C)C(=O)OC)cs1)c1ccc(OC)cc1. The standard InChI is InChI=1S/C41H56N4O7S/c1-7-26(2)32(23-36(46)35-15-11-12-20-45(35)4)38(48)43-33(29-16-18-31(51-5)19-17-29)24-37(47)40-44-34(25-53-40)39(49)42-30(21-27(3)41(50)52-6)22-28-13-9-8-10-14-28/h8-10,13-14,16-19,25-27,30,32-33,35,37,47H,7,11-12,15,20-24H2,1-6H3,(H,42,49)(H,43,48)/t26-,27-,30+,32-,33+,35?,37+/m0/s1. The molecule has 4 rings (SSSR count). The van der Waals surface area contributed by atoms with Gasteiger partial charge in [0.1, 0.15) is 22.6 Å². The highest BCUT2D eigenvalue weighted by Gasteiger charge is 2.34. The number of aromatic nitrogens is 1. The third-order valence-corrected chi connectivity index (χ3v) is 11.4. The van der Waals surface area contributed by atoms with Crippen molar-refractivity contribution in [1.82, 2.24) is 20.5 Å². The van der Waals surface area contributed by atoms with Gasteiger partial charge in [-0.05, 0) is 68.5 Å². The predicted molar refractivity (Wildman–Crippen MR) is 206 cm³/mol. The number of benzene rings is 2. The minimum absolute atomic E-state index is 0.0318. The van der Waals surface area contributed by atoms with E-state index >= 15 is 0 Å². The minimum Gasteiger partial charge on any atom is -0.497 e. The lowest BCUT2D eigenvalue weighted by molar-refractivity contribution is -0.145. The predicted octanol–water partition coefficient (Wildman–Crippen LogP) is 6.08. The first-order chi connectivity index (χ1) is 25.4. The highest BCUT2D eigenvalue weighted by atomic mass is 32.1. The molecule has 1 unspecified atom stereocenters. The average molecular weight is 749 g/mol. The van der Waals surface area contributed by atoms with E-state index in [-0.39, 0.29) is 54.2 Å². The second-order valence-corrected chi connectivity index (χ2v) is 15.2. The molecule has 1 aromatic heterocycles. The van der Waals surface area contributed by atoms with Gasteiger partial charge >= 0.3 is 5.97 Å². The van der Waals surface area contributed by atoms with Crippen molar-refractivity contribution in [3.63, 3.8) is 0 Å². The largest absolute Gasteiger partial charge is 0.497 e. The molecule has 2 heterocycles. The Hall–Kier alpha value is -4.13. The summed E-state index contributed by atoms with van der Waals surface area (Å²) in [5.74, 6) is -1.25. The van der Waals surface area contributed by atoms with Crippen molar-refractivity contribution in [3.05, 3.63) is 81.8 Å². The number of piperidine rings is 1. The van der Waals surface area contributed by atoms with E-state index in [1.54, 1.807) is 31.5 Å². The monoisotopic (exact) mass is 748 g/mol. The number of carbonyl (C=O) groups excluding carboxylic acids is 4. The number of thiazole rings is 1. The van der Waals surface area contributed by atoms with E-state index in [2.05, 4.69) is 20.5 Å². The maximum Gasteiger partial charge on any atom is 0.308 e. The number of likely N-dealkylation sites (N-methyl/N-ethyl adjacent to an activating group) is 1. The maximum absolute atomic E-state index is 14.1. The molecule has 7 atom stereocenters. The number of carbonyl (C=O) groups is 4. The second kappa shape index (κ2) is 20.4. The Balaban J connectivity index is 1.50. The molecule has 3 N–H and O–H groups in total. The fraction of sp³-hybridized carbons (Fsp3) is 0.537. The molecule has 1 aliphatic heterocycles. The van der Waals surface area contributed by atoms with Gasteiger partial charge in [0.25, 0.3) is 5.91 Å². The van der Waals surface area contributed by atoms with Crippen molar-refractivity contribution in [2.24, 2.45) is 17.8 Å². The Morgan fingerprint density at radius 3 is 2.36 bits per heavy atom. The topological polar surface area (TPSA) is 147 Å². The summed E-state index contributed by atoms with van der Waals surface area (Å²) < 4.78 is 10.3. The van der Waals surface area contributed by atoms with Gasteiger partial charge in [-0.2, -0.15) is 0 Å². The lowest BCUT2D eigenvalue weighted by Gasteiger charge is -2.33. The van der Waals surface area contributed by atoms with Crippen molar-refractivity contribution >= 4 is 34.9 Å². The molecule has 0 aliphatic carbocycles. The number of aliphatic hydroxyl groups excluding tert-OH is 1. The van der Waals surface area contributed by atoms with E-state index < -0.39 is 29.9 Å². The number of hydrogen-bond donors (Lipinski definition) is 3. The number of nitrogens with one attached hydrogen (secondary N) is 2. The number of Topliss-reactive ketones (excluding diaryl/α,β-unsaturated/α-hetero) is 1. The average Bonchev–Trinajstić information content (AvgIpc) is 3.67. The first kappa shape index (κ1) is 41.6. The van der Waals surface area contributed by atoms with Crippen LogP contribution in [0.15, 0.2) is 60.0 Å². The highest BCUT2D eigenvalue weighted by molar-refractivity contribution is 7.09. The minimum atomic E-state index is -1.10. The molecule has 0 bridgehead atoms. The van der Waals surface area contributed by atoms with Gasteiger partial charge in [0.05, 0.1) is 32.2 Å². The van der Waals surface area contributed by atoms with Crippen molar-refractivity contribution < 1.29 is 33.8 Å². The molecule has 1 saturated heterocycles. The number of amides is 2. The van der Waals surface area contributed by atoms with Gasteiger partial charge in [-0.25, -0.2) is 4.98 Å². The van der Waals surface area contributed by atoms with Crippen LogP contribution in [0, 0.1) is 17.8 Å². The summed E-state index contributed by atoms with van der Waals surface area (Å²) in [5.41, 5.74) is 1.93. The summed E-state index contributed by atoms with van der Waals surface area (Å²) >= 11 is 1.16. The fourth-order valence-electron chi connectivity index (χ4n) is 7.01.